The van der Waals surface area contributed by atoms with E-state index in [0.717, 1.165) is 38.8 Å². The fourth-order valence-electron chi connectivity index (χ4n) is 4.15. The third kappa shape index (κ3) is 5.24. The van der Waals surface area contributed by atoms with Gasteiger partial charge >= 0.3 is 0 Å². The van der Waals surface area contributed by atoms with E-state index in [2.05, 4.69) is 48.5 Å². The summed E-state index contributed by atoms with van der Waals surface area (Å²) in [5.41, 5.74) is 4.46. The molecule has 1 heterocycles. The van der Waals surface area contributed by atoms with Crippen molar-refractivity contribution in [3.05, 3.63) is 94.0 Å². The number of hydrogen-bond donors (Lipinski definition) is 0. The van der Waals surface area contributed by atoms with Crippen molar-refractivity contribution in [2.75, 3.05) is 13.1 Å². The van der Waals surface area contributed by atoms with Gasteiger partial charge in [-0.25, -0.2) is 0 Å². The number of amides is 1. The van der Waals surface area contributed by atoms with E-state index in [-0.39, 0.29) is 5.91 Å². The summed E-state index contributed by atoms with van der Waals surface area (Å²) >= 11 is 12.1. The first-order valence-corrected chi connectivity index (χ1v) is 11.2. The van der Waals surface area contributed by atoms with Gasteiger partial charge in [0.05, 0.1) is 0 Å². The van der Waals surface area contributed by atoms with Crippen LogP contribution >= 0.6 is 23.2 Å². The number of carbonyl (C=O) groups excluding carboxylic acids is 1. The number of benzene rings is 3. The highest BCUT2D eigenvalue weighted by Crippen LogP contribution is 2.26. The molecule has 0 bridgehead atoms. The van der Waals surface area contributed by atoms with E-state index in [1.165, 1.54) is 16.7 Å². The number of piperidine rings is 1. The van der Waals surface area contributed by atoms with Gasteiger partial charge < -0.3 is 4.90 Å². The lowest BCUT2D eigenvalue weighted by Gasteiger charge is -2.32. The molecule has 0 saturated carbocycles. The number of hydrogen-bond acceptors (Lipinski definition) is 1. The maximum Gasteiger partial charge on any atom is 0.253 e. The fraction of sp³-hybridized carbons (Fsp3) is 0.269. The zero-order valence-corrected chi connectivity index (χ0v) is 18.4. The van der Waals surface area contributed by atoms with E-state index in [0.29, 0.717) is 21.5 Å². The lowest BCUT2D eigenvalue weighted by atomic mass is 9.90. The standard InChI is InChI=1S/C26H25Cl2NO/c27-24-16-23(17-25(28)18-24)26(30)29-14-12-20(13-15-29)7-6-19-8-10-22(11-9-19)21-4-2-1-3-5-21/h1-5,8-11,16-18,20H,6-7,12-15H2. The molecule has 1 aliphatic heterocycles. The molecule has 3 aromatic rings. The van der Waals surface area contributed by atoms with Crippen LogP contribution in [-0.4, -0.2) is 23.9 Å². The molecular formula is C26H25Cl2NO. The van der Waals surface area contributed by atoms with Gasteiger partial charge in [-0.3, -0.25) is 4.79 Å². The Hall–Kier alpha value is -2.29. The summed E-state index contributed by atoms with van der Waals surface area (Å²) in [6, 6.07) is 24.4. The average molecular weight is 438 g/mol. The summed E-state index contributed by atoms with van der Waals surface area (Å²) < 4.78 is 0. The fourth-order valence-corrected chi connectivity index (χ4v) is 4.68. The first-order valence-electron chi connectivity index (χ1n) is 10.5. The molecular weight excluding hydrogens is 413 g/mol. The molecule has 0 spiro atoms. The summed E-state index contributed by atoms with van der Waals surface area (Å²) in [7, 11) is 0. The van der Waals surface area contributed by atoms with E-state index in [4.69, 9.17) is 23.2 Å². The molecule has 0 unspecified atom stereocenters. The van der Waals surface area contributed by atoms with Gasteiger partial charge in [0.15, 0.2) is 0 Å². The first kappa shape index (κ1) is 21.0. The first-order chi connectivity index (χ1) is 14.6. The van der Waals surface area contributed by atoms with E-state index in [9.17, 15) is 4.79 Å². The second kappa shape index (κ2) is 9.68. The van der Waals surface area contributed by atoms with Gasteiger partial charge in [0.2, 0.25) is 0 Å². The lowest BCUT2D eigenvalue weighted by molar-refractivity contribution is 0.0687. The van der Waals surface area contributed by atoms with Gasteiger partial charge in [-0.1, -0.05) is 77.8 Å². The summed E-state index contributed by atoms with van der Waals surface area (Å²) in [6.07, 6.45) is 4.33. The van der Waals surface area contributed by atoms with Gasteiger partial charge in [-0.15, -0.1) is 0 Å². The Morgan fingerprint density at radius 2 is 1.43 bits per heavy atom. The predicted octanol–water partition coefficient (Wildman–Crippen LogP) is 7.15. The number of nitrogens with zero attached hydrogens (tertiary/aromatic N) is 1. The van der Waals surface area contributed by atoms with Gasteiger partial charge in [-0.2, -0.15) is 0 Å². The van der Waals surface area contributed by atoms with Crippen LogP contribution in [0.5, 0.6) is 0 Å². The van der Waals surface area contributed by atoms with Crippen molar-refractivity contribution in [3.63, 3.8) is 0 Å². The molecule has 0 aliphatic carbocycles. The molecule has 1 fully saturated rings. The van der Waals surface area contributed by atoms with Crippen molar-refractivity contribution in [2.24, 2.45) is 5.92 Å². The van der Waals surface area contributed by atoms with Crippen LogP contribution in [-0.2, 0) is 6.42 Å². The summed E-state index contributed by atoms with van der Waals surface area (Å²) in [6.45, 7) is 1.58. The minimum absolute atomic E-state index is 0.0225. The highest BCUT2D eigenvalue weighted by Gasteiger charge is 2.24. The van der Waals surface area contributed by atoms with E-state index >= 15 is 0 Å². The Balaban J connectivity index is 1.27. The summed E-state index contributed by atoms with van der Waals surface area (Å²) in [5.74, 6) is 0.681. The van der Waals surface area contributed by atoms with Gasteiger partial charge in [-0.05, 0) is 66.5 Å². The van der Waals surface area contributed by atoms with Gasteiger partial charge in [0.1, 0.15) is 0 Å². The molecule has 3 aromatic carbocycles. The topological polar surface area (TPSA) is 20.3 Å². The molecule has 0 N–H and O–H groups in total. The van der Waals surface area contributed by atoms with Crippen molar-refractivity contribution < 1.29 is 4.79 Å². The predicted molar refractivity (Wildman–Crippen MR) is 125 cm³/mol. The molecule has 0 atom stereocenters. The molecule has 1 aliphatic rings. The van der Waals surface area contributed by atoms with Gasteiger partial charge in [0.25, 0.3) is 5.91 Å². The van der Waals surface area contributed by atoms with E-state index < -0.39 is 0 Å². The number of halogens is 2. The minimum Gasteiger partial charge on any atom is -0.339 e. The van der Waals surface area contributed by atoms with Crippen LogP contribution in [0.1, 0.15) is 35.2 Å². The van der Waals surface area contributed by atoms with Crippen LogP contribution in [0.3, 0.4) is 0 Å². The van der Waals surface area contributed by atoms with Crippen molar-refractivity contribution >= 4 is 29.1 Å². The molecule has 1 saturated heterocycles. The Kier molecular flexibility index (Phi) is 6.76. The highest BCUT2D eigenvalue weighted by atomic mass is 35.5. The average Bonchev–Trinajstić information content (AvgIpc) is 2.78. The lowest BCUT2D eigenvalue weighted by Crippen LogP contribution is -2.38. The Bertz CT molecular complexity index is 973. The zero-order chi connectivity index (χ0) is 20.9. The Labute approximate surface area is 188 Å². The third-order valence-corrected chi connectivity index (χ3v) is 6.35. The summed E-state index contributed by atoms with van der Waals surface area (Å²) in [4.78, 5) is 14.7. The number of carbonyl (C=O) groups is 1. The molecule has 0 aromatic heterocycles. The van der Waals surface area contributed by atoms with Crippen molar-refractivity contribution in [3.8, 4) is 11.1 Å². The highest BCUT2D eigenvalue weighted by molar-refractivity contribution is 6.35. The number of rotatable bonds is 5. The van der Waals surface area contributed by atoms with E-state index in [1.807, 2.05) is 11.0 Å². The molecule has 2 nitrogen and oxygen atoms in total. The smallest absolute Gasteiger partial charge is 0.253 e. The second-order valence-electron chi connectivity index (χ2n) is 8.00. The van der Waals surface area contributed by atoms with Crippen LogP contribution in [0, 0.1) is 5.92 Å². The Morgan fingerprint density at radius 1 is 0.833 bits per heavy atom. The van der Waals surface area contributed by atoms with Crippen LogP contribution in [0.25, 0.3) is 11.1 Å². The summed E-state index contributed by atoms with van der Waals surface area (Å²) in [5, 5.41) is 0.998. The zero-order valence-electron chi connectivity index (χ0n) is 16.9. The van der Waals surface area contributed by atoms with E-state index in [1.54, 1.807) is 18.2 Å². The van der Waals surface area contributed by atoms with Crippen LogP contribution in [0.4, 0.5) is 0 Å². The molecule has 154 valence electrons. The van der Waals surface area contributed by atoms with Gasteiger partial charge in [0, 0.05) is 28.7 Å². The molecule has 4 rings (SSSR count). The SMILES string of the molecule is O=C(c1cc(Cl)cc(Cl)c1)N1CCC(CCc2ccc(-c3ccccc3)cc2)CC1. The molecule has 0 radical (unpaired) electrons. The van der Waals surface area contributed by atoms with Crippen LogP contribution in [0.2, 0.25) is 10.0 Å². The van der Waals surface area contributed by atoms with Crippen LogP contribution < -0.4 is 0 Å². The monoisotopic (exact) mass is 437 g/mol. The molecule has 4 heteroatoms. The minimum atomic E-state index is 0.0225. The quantitative estimate of drug-likeness (QED) is 0.414. The second-order valence-corrected chi connectivity index (χ2v) is 8.87. The van der Waals surface area contributed by atoms with Crippen molar-refractivity contribution in [2.45, 2.75) is 25.7 Å². The number of aryl methyl sites for hydroxylation is 1. The molecule has 1 amide bonds. The maximum absolute atomic E-state index is 12.7. The third-order valence-electron chi connectivity index (χ3n) is 5.91. The largest absolute Gasteiger partial charge is 0.339 e. The van der Waals surface area contributed by atoms with Crippen molar-refractivity contribution in [1.29, 1.82) is 0 Å². The maximum atomic E-state index is 12.7. The number of likely N-dealkylation sites (tertiary alicyclic amines) is 1. The Morgan fingerprint density at radius 3 is 2.07 bits per heavy atom. The van der Waals surface area contributed by atoms with Crippen LogP contribution in [0.15, 0.2) is 72.8 Å². The van der Waals surface area contributed by atoms with Crippen molar-refractivity contribution in [1.82, 2.24) is 4.90 Å². The molecule has 30 heavy (non-hydrogen) atoms. The normalized spacial score (nSPS) is 14.7.